The molecule has 4 nitrogen and oxygen atoms in total. The third-order valence-corrected chi connectivity index (χ3v) is 5.78. The maximum Gasteiger partial charge on any atom is 0.119 e. The van der Waals surface area contributed by atoms with Crippen LogP contribution < -0.4 is 4.74 Å². The predicted molar refractivity (Wildman–Crippen MR) is 102 cm³/mol. The van der Waals surface area contributed by atoms with Crippen LogP contribution in [0.1, 0.15) is 50.5 Å². The molecule has 1 saturated heterocycles. The van der Waals surface area contributed by atoms with Gasteiger partial charge < -0.3 is 14.7 Å². The van der Waals surface area contributed by atoms with Gasteiger partial charge in [0.2, 0.25) is 0 Å². The summed E-state index contributed by atoms with van der Waals surface area (Å²) in [5.74, 6) is 1.60. The average molecular weight is 347 g/mol. The summed E-state index contributed by atoms with van der Waals surface area (Å²) >= 11 is 0. The molecule has 0 unspecified atom stereocenters. The van der Waals surface area contributed by atoms with Gasteiger partial charge in [-0.15, -0.1) is 0 Å². The van der Waals surface area contributed by atoms with E-state index in [0.29, 0.717) is 13.2 Å². The van der Waals surface area contributed by atoms with Gasteiger partial charge in [-0.2, -0.15) is 0 Å². The summed E-state index contributed by atoms with van der Waals surface area (Å²) in [5.41, 5.74) is 1.45. The normalized spacial score (nSPS) is 22.0. The molecule has 1 heterocycles. The number of β-amino-alcohol motifs (C(OH)–C–C–N with tert-alkyl or cyclic N) is 1. The van der Waals surface area contributed by atoms with Crippen LogP contribution in [0.4, 0.5) is 0 Å². The minimum atomic E-state index is -0.425. The van der Waals surface area contributed by atoms with Crippen molar-refractivity contribution < 1.29 is 9.84 Å². The SMILES string of the molecule is CCN1CCN(C[C@@H](O)COc2ccc(C3CCCCC3)cc2)CC1. The average Bonchev–Trinajstić information content (AvgIpc) is 2.68. The highest BCUT2D eigenvalue weighted by Gasteiger charge is 2.19. The smallest absolute Gasteiger partial charge is 0.119 e. The Morgan fingerprint density at radius 1 is 1.00 bits per heavy atom. The van der Waals surface area contributed by atoms with Gasteiger partial charge in [-0.25, -0.2) is 0 Å². The fourth-order valence-corrected chi connectivity index (χ4v) is 4.10. The van der Waals surface area contributed by atoms with Crippen LogP contribution in [0.25, 0.3) is 0 Å². The fourth-order valence-electron chi connectivity index (χ4n) is 4.10. The van der Waals surface area contributed by atoms with Crippen LogP contribution in [-0.4, -0.2) is 66.9 Å². The Balaban J connectivity index is 1.39. The number of benzene rings is 1. The van der Waals surface area contributed by atoms with Gasteiger partial charge in [0.25, 0.3) is 0 Å². The zero-order valence-electron chi connectivity index (χ0n) is 15.7. The number of hydrogen-bond donors (Lipinski definition) is 1. The second-order valence-electron chi connectivity index (χ2n) is 7.60. The van der Waals surface area contributed by atoms with E-state index < -0.39 is 6.10 Å². The second-order valence-corrected chi connectivity index (χ2v) is 7.60. The first-order valence-electron chi connectivity index (χ1n) is 10.1. The van der Waals surface area contributed by atoms with Crippen molar-refractivity contribution in [2.75, 3.05) is 45.9 Å². The van der Waals surface area contributed by atoms with E-state index in [-0.39, 0.29) is 0 Å². The first-order valence-corrected chi connectivity index (χ1v) is 10.1. The molecule has 1 atom stereocenters. The lowest BCUT2D eigenvalue weighted by Crippen LogP contribution is -2.49. The molecule has 1 aliphatic heterocycles. The molecule has 1 saturated carbocycles. The number of aliphatic hydroxyl groups excluding tert-OH is 1. The first-order chi connectivity index (χ1) is 12.2. The molecule has 0 spiro atoms. The van der Waals surface area contributed by atoms with Gasteiger partial charge in [0.1, 0.15) is 18.5 Å². The summed E-state index contributed by atoms with van der Waals surface area (Å²) in [6.07, 6.45) is 6.34. The largest absolute Gasteiger partial charge is 0.491 e. The second kappa shape index (κ2) is 9.56. The van der Waals surface area contributed by atoms with E-state index in [0.717, 1.165) is 44.4 Å². The van der Waals surface area contributed by atoms with Crippen molar-refractivity contribution in [1.82, 2.24) is 9.80 Å². The highest BCUT2D eigenvalue weighted by atomic mass is 16.5. The van der Waals surface area contributed by atoms with Crippen molar-refractivity contribution in [2.24, 2.45) is 0 Å². The summed E-state index contributed by atoms with van der Waals surface area (Å²) in [5, 5.41) is 10.3. The van der Waals surface area contributed by atoms with E-state index >= 15 is 0 Å². The lowest BCUT2D eigenvalue weighted by atomic mass is 9.84. The molecule has 0 radical (unpaired) electrons. The van der Waals surface area contributed by atoms with Crippen molar-refractivity contribution in [3.05, 3.63) is 29.8 Å². The van der Waals surface area contributed by atoms with E-state index in [1.165, 1.54) is 37.7 Å². The zero-order chi connectivity index (χ0) is 17.5. The number of ether oxygens (including phenoxy) is 1. The molecule has 0 aromatic heterocycles. The third kappa shape index (κ3) is 5.70. The minimum Gasteiger partial charge on any atom is -0.491 e. The highest BCUT2D eigenvalue weighted by Crippen LogP contribution is 2.33. The summed E-state index contributed by atoms with van der Waals surface area (Å²) in [4.78, 5) is 4.79. The molecule has 25 heavy (non-hydrogen) atoms. The predicted octanol–water partition coefficient (Wildman–Crippen LogP) is 3.11. The Morgan fingerprint density at radius 3 is 2.28 bits per heavy atom. The van der Waals surface area contributed by atoms with Crippen LogP contribution in [0.5, 0.6) is 5.75 Å². The van der Waals surface area contributed by atoms with E-state index in [1.54, 1.807) is 0 Å². The van der Waals surface area contributed by atoms with Crippen LogP contribution in [0.2, 0.25) is 0 Å². The molecule has 1 aliphatic carbocycles. The summed E-state index contributed by atoms with van der Waals surface area (Å²) in [6.45, 7) is 8.70. The highest BCUT2D eigenvalue weighted by molar-refractivity contribution is 5.29. The quantitative estimate of drug-likeness (QED) is 0.823. The van der Waals surface area contributed by atoms with Crippen molar-refractivity contribution >= 4 is 0 Å². The molecule has 1 aromatic carbocycles. The van der Waals surface area contributed by atoms with Crippen molar-refractivity contribution in [2.45, 2.75) is 51.0 Å². The molecule has 0 bridgehead atoms. The molecule has 3 rings (SSSR count). The molecule has 2 aliphatic rings. The van der Waals surface area contributed by atoms with E-state index in [4.69, 9.17) is 4.74 Å². The van der Waals surface area contributed by atoms with Gasteiger partial charge in [-0.3, -0.25) is 4.90 Å². The number of aliphatic hydroxyl groups is 1. The Bertz CT molecular complexity index is 491. The standard InChI is InChI=1S/C21H34N2O2/c1-2-22-12-14-23(15-13-22)16-20(24)17-25-21-10-8-19(9-11-21)18-6-4-3-5-7-18/h8-11,18,20,24H,2-7,12-17H2,1H3/t20-/m1/s1. The van der Waals surface area contributed by atoms with Crippen LogP contribution in [-0.2, 0) is 0 Å². The van der Waals surface area contributed by atoms with E-state index in [9.17, 15) is 5.11 Å². The Labute approximate surface area is 152 Å². The third-order valence-electron chi connectivity index (χ3n) is 5.78. The number of likely N-dealkylation sites (N-methyl/N-ethyl adjacent to an activating group) is 1. The molecule has 140 valence electrons. The topological polar surface area (TPSA) is 35.9 Å². The van der Waals surface area contributed by atoms with Crippen molar-refractivity contribution in [3.8, 4) is 5.75 Å². The minimum absolute atomic E-state index is 0.372. The molecule has 1 aromatic rings. The zero-order valence-corrected chi connectivity index (χ0v) is 15.7. The van der Waals surface area contributed by atoms with E-state index in [1.807, 2.05) is 0 Å². The number of rotatable bonds is 7. The van der Waals surface area contributed by atoms with Gasteiger partial charge >= 0.3 is 0 Å². The van der Waals surface area contributed by atoms with Crippen LogP contribution in [0.15, 0.2) is 24.3 Å². The fraction of sp³-hybridized carbons (Fsp3) is 0.714. The Kier molecular flexibility index (Phi) is 7.14. The van der Waals surface area contributed by atoms with E-state index in [2.05, 4.69) is 41.0 Å². The summed E-state index contributed by atoms with van der Waals surface area (Å²) < 4.78 is 5.81. The maximum absolute atomic E-state index is 10.3. The number of nitrogens with zero attached hydrogens (tertiary/aromatic N) is 2. The molecule has 1 N–H and O–H groups in total. The Hall–Kier alpha value is -1.10. The lowest BCUT2D eigenvalue weighted by molar-refractivity contribution is 0.0471. The van der Waals surface area contributed by atoms with Gasteiger partial charge in [-0.05, 0) is 43.0 Å². The van der Waals surface area contributed by atoms with Crippen LogP contribution in [0.3, 0.4) is 0 Å². The Morgan fingerprint density at radius 2 is 1.64 bits per heavy atom. The molecular weight excluding hydrogens is 312 g/mol. The summed E-state index contributed by atoms with van der Waals surface area (Å²) in [6, 6.07) is 8.55. The van der Waals surface area contributed by atoms with Crippen LogP contribution >= 0.6 is 0 Å². The summed E-state index contributed by atoms with van der Waals surface area (Å²) in [7, 11) is 0. The monoisotopic (exact) mass is 346 g/mol. The van der Waals surface area contributed by atoms with Gasteiger partial charge in [0, 0.05) is 32.7 Å². The maximum atomic E-state index is 10.3. The molecule has 0 amide bonds. The van der Waals surface area contributed by atoms with Gasteiger partial charge in [-0.1, -0.05) is 38.3 Å². The first kappa shape index (κ1) is 18.7. The van der Waals surface area contributed by atoms with Crippen molar-refractivity contribution in [1.29, 1.82) is 0 Å². The van der Waals surface area contributed by atoms with Gasteiger partial charge in [0.15, 0.2) is 0 Å². The molecule has 4 heteroatoms. The van der Waals surface area contributed by atoms with Gasteiger partial charge in [0.05, 0.1) is 0 Å². The molecular formula is C21H34N2O2. The van der Waals surface area contributed by atoms with Crippen LogP contribution in [0, 0.1) is 0 Å². The molecule has 2 fully saturated rings. The number of piperazine rings is 1. The number of hydrogen-bond acceptors (Lipinski definition) is 4. The van der Waals surface area contributed by atoms with Crippen molar-refractivity contribution in [3.63, 3.8) is 0 Å². The lowest BCUT2D eigenvalue weighted by Gasteiger charge is -2.34.